The van der Waals surface area contributed by atoms with Gasteiger partial charge in [-0.3, -0.25) is 0 Å². The van der Waals surface area contributed by atoms with Crippen molar-refractivity contribution in [2.75, 3.05) is 5.32 Å². The Balaban J connectivity index is 2.25. The highest BCUT2D eigenvalue weighted by molar-refractivity contribution is 5.48. The number of phenols is 1. The van der Waals surface area contributed by atoms with Gasteiger partial charge in [-0.2, -0.15) is 0 Å². The molecule has 0 saturated heterocycles. The summed E-state index contributed by atoms with van der Waals surface area (Å²) in [6.45, 7) is 3.85. The van der Waals surface area contributed by atoms with Crippen LogP contribution >= 0.6 is 0 Å². The maximum absolute atomic E-state index is 13.5. The first-order valence-electron chi connectivity index (χ1n) is 5.88. The Labute approximate surface area is 106 Å². The molecule has 0 aliphatic carbocycles. The van der Waals surface area contributed by atoms with E-state index in [0.717, 1.165) is 11.1 Å². The zero-order valence-corrected chi connectivity index (χ0v) is 10.4. The van der Waals surface area contributed by atoms with Crippen LogP contribution in [0.25, 0.3) is 0 Å². The summed E-state index contributed by atoms with van der Waals surface area (Å²) in [6.07, 6.45) is 0. The van der Waals surface area contributed by atoms with Gasteiger partial charge >= 0.3 is 0 Å². The first kappa shape index (κ1) is 12.4. The summed E-state index contributed by atoms with van der Waals surface area (Å²) in [5.41, 5.74) is 2.26. The topological polar surface area (TPSA) is 32.3 Å². The molecule has 2 rings (SSSR count). The summed E-state index contributed by atoms with van der Waals surface area (Å²) >= 11 is 0. The summed E-state index contributed by atoms with van der Waals surface area (Å²) in [5, 5.41) is 12.9. The Hall–Kier alpha value is -2.03. The van der Waals surface area contributed by atoms with E-state index in [1.54, 1.807) is 24.3 Å². The lowest BCUT2D eigenvalue weighted by Crippen LogP contribution is -2.08. The highest BCUT2D eigenvalue weighted by atomic mass is 19.1. The van der Waals surface area contributed by atoms with Crippen molar-refractivity contribution < 1.29 is 9.50 Å². The average molecular weight is 245 g/mol. The van der Waals surface area contributed by atoms with Gasteiger partial charge in [0.25, 0.3) is 0 Å². The molecule has 0 saturated carbocycles. The van der Waals surface area contributed by atoms with Gasteiger partial charge < -0.3 is 10.4 Å². The molecule has 2 aromatic rings. The fourth-order valence-electron chi connectivity index (χ4n) is 1.91. The number of benzene rings is 2. The molecule has 0 spiro atoms. The zero-order valence-electron chi connectivity index (χ0n) is 10.4. The highest BCUT2D eigenvalue weighted by Crippen LogP contribution is 2.28. The molecule has 2 N–H and O–H groups in total. The van der Waals surface area contributed by atoms with Gasteiger partial charge in [0, 0.05) is 5.56 Å². The first-order valence-corrected chi connectivity index (χ1v) is 5.88. The van der Waals surface area contributed by atoms with Crippen LogP contribution in [0.15, 0.2) is 42.5 Å². The van der Waals surface area contributed by atoms with Crippen molar-refractivity contribution in [3.8, 4) is 5.75 Å². The van der Waals surface area contributed by atoms with E-state index in [4.69, 9.17) is 0 Å². The summed E-state index contributed by atoms with van der Waals surface area (Å²) in [6, 6.07) is 11.7. The quantitative estimate of drug-likeness (QED) is 0.856. The van der Waals surface area contributed by atoms with Crippen molar-refractivity contribution >= 4 is 5.69 Å². The monoisotopic (exact) mass is 245 g/mol. The number of halogens is 1. The summed E-state index contributed by atoms with van der Waals surface area (Å²) in [5.74, 6) is -0.0755. The van der Waals surface area contributed by atoms with Gasteiger partial charge in [-0.15, -0.1) is 0 Å². The largest absolute Gasteiger partial charge is 0.508 e. The minimum absolute atomic E-state index is 0.165. The van der Waals surface area contributed by atoms with Crippen molar-refractivity contribution in [2.24, 2.45) is 0 Å². The molecule has 1 unspecified atom stereocenters. The van der Waals surface area contributed by atoms with E-state index in [-0.39, 0.29) is 17.6 Å². The molecule has 0 radical (unpaired) electrons. The molecule has 0 fully saturated rings. The summed E-state index contributed by atoms with van der Waals surface area (Å²) < 4.78 is 13.5. The third kappa shape index (κ3) is 2.62. The summed E-state index contributed by atoms with van der Waals surface area (Å²) in [7, 11) is 0. The lowest BCUT2D eigenvalue weighted by molar-refractivity contribution is 0.465. The Morgan fingerprint density at radius 1 is 1.17 bits per heavy atom. The molecule has 0 bridgehead atoms. The fraction of sp³-hybridized carbons (Fsp3) is 0.200. The zero-order chi connectivity index (χ0) is 13.1. The third-order valence-corrected chi connectivity index (χ3v) is 2.90. The van der Waals surface area contributed by atoms with E-state index in [0.29, 0.717) is 5.69 Å². The molecule has 0 amide bonds. The van der Waals surface area contributed by atoms with Gasteiger partial charge in [0.15, 0.2) is 0 Å². The van der Waals surface area contributed by atoms with Crippen molar-refractivity contribution in [2.45, 2.75) is 19.9 Å². The van der Waals surface area contributed by atoms with Gasteiger partial charge in [-0.1, -0.05) is 29.8 Å². The van der Waals surface area contributed by atoms with Crippen LogP contribution in [0.4, 0.5) is 10.1 Å². The van der Waals surface area contributed by atoms with Crippen LogP contribution in [0.3, 0.4) is 0 Å². The molecule has 1 atom stereocenters. The normalized spacial score (nSPS) is 12.2. The number of hydrogen-bond donors (Lipinski definition) is 2. The predicted octanol–water partition coefficient (Wildman–Crippen LogP) is 4.01. The second kappa shape index (κ2) is 5.08. The second-order valence-corrected chi connectivity index (χ2v) is 4.41. The standard InChI is InChI=1S/C15H16FNO/c1-10-7-8-15(18)12(9-10)11(2)17-14-6-4-3-5-13(14)16/h3-9,11,17-18H,1-2H3. The van der Waals surface area contributed by atoms with E-state index in [9.17, 15) is 9.50 Å². The van der Waals surface area contributed by atoms with E-state index >= 15 is 0 Å². The number of phenolic OH excluding ortho intramolecular Hbond substituents is 1. The maximum Gasteiger partial charge on any atom is 0.146 e. The van der Waals surface area contributed by atoms with Crippen molar-refractivity contribution in [3.05, 3.63) is 59.4 Å². The number of aryl methyl sites for hydroxylation is 1. The van der Waals surface area contributed by atoms with Crippen molar-refractivity contribution in [1.29, 1.82) is 0 Å². The van der Waals surface area contributed by atoms with E-state index in [1.807, 2.05) is 26.0 Å². The van der Waals surface area contributed by atoms with Crippen molar-refractivity contribution in [3.63, 3.8) is 0 Å². The molecule has 94 valence electrons. The molecule has 0 aliphatic heterocycles. The SMILES string of the molecule is Cc1ccc(O)c(C(C)Nc2ccccc2F)c1. The average Bonchev–Trinajstić information content (AvgIpc) is 2.35. The Morgan fingerprint density at radius 2 is 1.89 bits per heavy atom. The number of rotatable bonds is 3. The molecular formula is C15H16FNO. The number of nitrogens with one attached hydrogen (secondary N) is 1. The van der Waals surface area contributed by atoms with Crippen LogP contribution in [0.5, 0.6) is 5.75 Å². The van der Waals surface area contributed by atoms with E-state index in [2.05, 4.69) is 5.32 Å². The highest BCUT2D eigenvalue weighted by Gasteiger charge is 2.12. The minimum Gasteiger partial charge on any atom is -0.508 e. The Kier molecular flexibility index (Phi) is 3.51. The molecular weight excluding hydrogens is 229 g/mol. The summed E-state index contributed by atoms with van der Waals surface area (Å²) in [4.78, 5) is 0. The van der Waals surface area contributed by atoms with Gasteiger partial charge in [-0.25, -0.2) is 4.39 Å². The van der Waals surface area contributed by atoms with E-state index in [1.165, 1.54) is 6.07 Å². The van der Waals surface area contributed by atoms with Gasteiger partial charge in [0.2, 0.25) is 0 Å². The fourth-order valence-corrected chi connectivity index (χ4v) is 1.91. The molecule has 0 aliphatic rings. The lowest BCUT2D eigenvalue weighted by Gasteiger charge is -2.17. The van der Waals surface area contributed by atoms with E-state index < -0.39 is 0 Å². The second-order valence-electron chi connectivity index (χ2n) is 4.41. The van der Waals surface area contributed by atoms with Crippen LogP contribution in [0.1, 0.15) is 24.1 Å². The molecule has 0 heterocycles. The Morgan fingerprint density at radius 3 is 2.61 bits per heavy atom. The number of aromatic hydroxyl groups is 1. The number of anilines is 1. The Bertz CT molecular complexity index is 554. The predicted molar refractivity (Wildman–Crippen MR) is 71.3 cm³/mol. The van der Waals surface area contributed by atoms with Gasteiger partial charge in [0.1, 0.15) is 11.6 Å². The van der Waals surface area contributed by atoms with Crippen LogP contribution < -0.4 is 5.32 Å². The van der Waals surface area contributed by atoms with Gasteiger partial charge in [-0.05, 0) is 32.0 Å². The maximum atomic E-state index is 13.5. The number of hydrogen-bond acceptors (Lipinski definition) is 2. The molecule has 18 heavy (non-hydrogen) atoms. The number of para-hydroxylation sites is 1. The van der Waals surface area contributed by atoms with Crippen LogP contribution in [0, 0.1) is 12.7 Å². The molecule has 3 heteroatoms. The smallest absolute Gasteiger partial charge is 0.146 e. The van der Waals surface area contributed by atoms with Crippen LogP contribution in [-0.2, 0) is 0 Å². The lowest BCUT2D eigenvalue weighted by atomic mass is 10.0. The third-order valence-electron chi connectivity index (χ3n) is 2.90. The molecule has 2 nitrogen and oxygen atoms in total. The molecule has 0 aromatic heterocycles. The first-order chi connectivity index (χ1) is 8.58. The minimum atomic E-state index is -0.295. The molecule has 2 aromatic carbocycles. The van der Waals surface area contributed by atoms with Crippen LogP contribution in [0.2, 0.25) is 0 Å². The van der Waals surface area contributed by atoms with Crippen molar-refractivity contribution in [1.82, 2.24) is 0 Å². The van der Waals surface area contributed by atoms with Gasteiger partial charge in [0.05, 0.1) is 11.7 Å². The van der Waals surface area contributed by atoms with Crippen LogP contribution in [-0.4, -0.2) is 5.11 Å².